The van der Waals surface area contributed by atoms with Gasteiger partial charge in [0.05, 0.1) is 7.11 Å². The van der Waals surface area contributed by atoms with Gasteiger partial charge in [0.2, 0.25) is 5.91 Å². The van der Waals surface area contributed by atoms with E-state index in [0.29, 0.717) is 24.4 Å². The summed E-state index contributed by atoms with van der Waals surface area (Å²) >= 11 is 0. The average Bonchev–Trinajstić information content (AvgIpc) is 2.54. The first-order valence-corrected chi connectivity index (χ1v) is 7.75. The van der Waals surface area contributed by atoms with Crippen molar-refractivity contribution in [3.8, 4) is 5.75 Å². The molecule has 1 saturated heterocycles. The van der Waals surface area contributed by atoms with Gasteiger partial charge in [0.1, 0.15) is 5.75 Å². The van der Waals surface area contributed by atoms with E-state index in [1.165, 1.54) is 0 Å². The van der Waals surface area contributed by atoms with Crippen LogP contribution in [0.15, 0.2) is 24.3 Å². The Balaban J connectivity index is 1.87. The summed E-state index contributed by atoms with van der Waals surface area (Å²) in [5.41, 5.74) is 0.597. The van der Waals surface area contributed by atoms with Crippen molar-refractivity contribution in [3.05, 3.63) is 29.8 Å². The highest BCUT2D eigenvalue weighted by Gasteiger charge is 2.25. The van der Waals surface area contributed by atoms with E-state index in [2.05, 4.69) is 5.32 Å². The lowest BCUT2D eigenvalue weighted by molar-refractivity contribution is -0.135. The molecular formula is C17H24N2O3. The first-order valence-electron chi connectivity index (χ1n) is 7.75. The summed E-state index contributed by atoms with van der Waals surface area (Å²) in [5, 5.41) is 3.04. The fraction of sp³-hybridized carbons (Fsp3) is 0.529. The lowest BCUT2D eigenvalue weighted by Crippen LogP contribution is -2.47. The molecule has 0 bridgehead atoms. The average molecular weight is 304 g/mol. The quantitative estimate of drug-likeness (QED) is 0.926. The summed E-state index contributed by atoms with van der Waals surface area (Å²) in [7, 11) is 1.58. The predicted molar refractivity (Wildman–Crippen MR) is 84.9 cm³/mol. The molecule has 22 heavy (non-hydrogen) atoms. The Kier molecular flexibility index (Phi) is 5.41. The van der Waals surface area contributed by atoms with Gasteiger partial charge in [-0.05, 0) is 31.0 Å². The van der Waals surface area contributed by atoms with E-state index in [0.717, 1.165) is 12.8 Å². The summed E-state index contributed by atoms with van der Waals surface area (Å²) in [4.78, 5) is 26.1. The number of methoxy groups -OCH3 is 1. The van der Waals surface area contributed by atoms with E-state index in [4.69, 9.17) is 4.74 Å². The van der Waals surface area contributed by atoms with Crippen molar-refractivity contribution in [2.24, 2.45) is 5.92 Å². The van der Waals surface area contributed by atoms with Crippen molar-refractivity contribution in [1.82, 2.24) is 10.2 Å². The molecule has 0 spiro atoms. The van der Waals surface area contributed by atoms with Gasteiger partial charge in [-0.15, -0.1) is 0 Å². The molecular weight excluding hydrogens is 280 g/mol. The number of ether oxygens (including phenoxy) is 1. The Morgan fingerprint density at radius 2 is 1.95 bits per heavy atom. The number of amides is 2. The maximum absolute atomic E-state index is 12.3. The molecule has 0 aromatic heterocycles. The zero-order valence-electron chi connectivity index (χ0n) is 13.5. The molecule has 5 heteroatoms. The van der Waals surface area contributed by atoms with Gasteiger partial charge >= 0.3 is 0 Å². The van der Waals surface area contributed by atoms with Crippen molar-refractivity contribution in [3.63, 3.8) is 0 Å². The maximum Gasteiger partial charge on any atom is 0.251 e. The predicted octanol–water partition coefficient (Wildman–Crippen LogP) is 2.07. The number of benzene rings is 1. The monoisotopic (exact) mass is 304 g/mol. The van der Waals surface area contributed by atoms with Crippen molar-refractivity contribution in [2.45, 2.75) is 32.7 Å². The van der Waals surface area contributed by atoms with Crippen LogP contribution in [0.4, 0.5) is 0 Å². The van der Waals surface area contributed by atoms with Crippen LogP contribution in [0, 0.1) is 5.92 Å². The second-order valence-corrected chi connectivity index (χ2v) is 5.96. The fourth-order valence-electron chi connectivity index (χ4n) is 2.64. The van der Waals surface area contributed by atoms with Crippen LogP contribution in [0.2, 0.25) is 0 Å². The van der Waals surface area contributed by atoms with E-state index in [1.807, 2.05) is 24.8 Å². The molecule has 2 amide bonds. The molecule has 0 unspecified atom stereocenters. The van der Waals surface area contributed by atoms with Crippen molar-refractivity contribution < 1.29 is 14.3 Å². The van der Waals surface area contributed by atoms with Gasteiger partial charge in [0, 0.05) is 30.6 Å². The number of hydrogen-bond donors (Lipinski definition) is 1. The third-order valence-electron chi connectivity index (χ3n) is 3.97. The molecule has 1 N–H and O–H groups in total. The molecule has 1 heterocycles. The van der Waals surface area contributed by atoms with E-state index < -0.39 is 0 Å². The molecule has 1 aliphatic heterocycles. The number of carbonyl (C=O) groups is 2. The van der Waals surface area contributed by atoms with E-state index >= 15 is 0 Å². The maximum atomic E-state index is 12.3. The van der Waals surface area contributed by atoms with Crippen LogP contribution in [0.5, 0.6) is 5.75 Å². The van der Waals surface area contributed by atoms with Crippen LogP contribution in [0.25, 0.3) is 0 Å². The smallest absolute Gasteiger partial charge is 0.251 e. The molecule has 120 valence electrons. The highest BCUT2D eigenvalue weighted by molar-refractivity contribution is 5.94. The summed E-state index contributed by atoms with van der Waals surface area (Å²) in [6.45, 7) is 5.25. The minimum Gasteiger partial charge on any atom is -0.497 e. The molecule has 1 aromatic rings. The number of hydrogen-bond acceptors (Lipinski definition) is 3. The van der Waals surface area contributed by atoms with Crippen LogP contribution in [0.1, 0.15) is 37.0 Å². The van der Waals surface area contributed by atoms with Crippen molar-refractivity contribution >= 4 is 11.8 Å². The molecule has 1 aliphatic rings. The van der Waals surface area contributed by atoms with Gasteiger partial charge < -0.3 is 15.0 Å². The standard InChI is InChI=1S/C17H24N2O3/c1-12(2)17(21)19-9-7-14(8-10-19)18-16(20)13-5-4-6-15(11-13)22-3/h4-6,11-12,14H,7-10H2,1-3H3,(H,18,20). The summed E-state index contributed by atoms with van der Waals surface area (Å²) in [6, 6.07) is 7.24. The second-order valence-electron chi connectivity index (χ2n) is 5.96. The topological polar surface area (TPSA) is 58.6 Å². The van der Waals surface area contributed by atoms with E-state index in [9.17, 15) is 9.59 Å². The molecule has 0 aliphatic carbocycles. The number of nitrogens with one attached hydrogen (secondary N) is 1. The molecule has 0 saturated carbocycles. The highest BCUT2D eigenvalue weighted by atomic mass is 16.5. The third kappa shape index (κ3) is 4.00. The Morgan fingerprint density at radius 3 is 2.55 bits per heavy atom. The number of nitrogens with zero attached hydrogens (tertiary/aromatic N) is 1. The lowest BCUT2D eigenvalue weighted by atomic mass is 10.0. The zero-order valence-corrected chi connectivity index (χ0v) is 13.5. The molecule has 1 fully saturated rings. The lowest BCUT2D eigenvalue weighted by Gasteiger charge is -2.33. The number of piperidine rings is 1. The van der Waals surface area contributed by atoms with Crippen molar-refractivity contribution in [1.29, 1.82) is 0 Å². The van der Waals surface area contributed by atoms with Crippen LogP contribution >= 0.6 is 0 Å². The van der Waals surface area contributed by atoms with Crippen LogP contribution in [0.3, 0.4) is 0 Å². The summed E-state index contributed by atoms with van der Waals surface area (Å²) in [6.07, 6.45) is 1.60. The Morgan fingerprint density at radius 1 is 1.27 bits per heavy atom. The molecule has 5 nitrogen and oxygen atoms in total. The normalized spacial score (nSPS) is 15.7. The first kappa shape index (κ1) is 16.3. The minimum atomic E-state index is -0.0902. The van der Waals surface area contributed by atoms with Gasteiger partial charge in [-0.25, -0.2) is 0 Å². The van der Waals surface area contributed by atoms with E-state index in [-0.39, 0.29) is 23.8 Å². The van der Waals surface area contributed by atoms with E-state index in [1.54, 1.807) is 25.3 Å². The minimum absolute atomic E-state index is 0.0305. The Bertz CT molecular complexity index is 534. The Hall–Kier alpha value is -2.04. The molecule has 0 atom stereocenters. The van der Waals surface area contributed by atoms with Crippen LogP contribution in [-0.4, -0.2) is 43.0 Å². The molecule has 2 rings (SSSR count). The van der Waals surface area contributed by atoms with Gasteiger partial charge in [-0.3, -0.25) is 9.59 Å². The zero-order chi connectivity index (χ0) is 16.1. The SMILES string of the molecule is COc1cccc(C(=O)NC2CCN(C(=O)C(C)C)CC2)c1. The van der Waals surface area contributed by atoms with Crippen LogP contribution in [-0.2, 0) is 4.79 Å². The second kappa shape index (κ2) is 7.29. The van der Waals surface area contributed by atoms with Crippen molar-refractivity contribution in [2.75, 3.05) is 20.2 Å². The highest BCUT2D eigenvalue weighted by Crippen LogP contribution is 2.16. The van der Waals surface area contributed by atoms with Gasteiger partial charge in [0.25, 0.3) is 5.91 Å². The van der Waals surface area contributed by atoms with Gasteiger partial charge in [0.15, 0.2) is 0 Å². The third-order valence-corrected chi connectivity index (χ3v) is 3.97. The van der Waals surface area contributed by atoms with Gasteiger partial charge in [-0.2, -0.15) is 0 Å². The largest absolute Gasteiger partial charge is 0.497 e. The first-order chi connectivity index (χ1) is 10.5. The number of likely N-dealkylation sites (tertiary alicyclic amines) is 1. The Labute approximate surface area is 131 Å². The fourth-order valence-corrected chi connectivity index (χ4v) is 2.64. The summed E-state index contributed by atoms with van der Waals surface area (Å²) in [5.74, 6) is 0.804. The van der Waals surface area contributed by atoms with Crippen LogP contribution < -0.4 is 10.1 Å². The molecule has 1 aromatic carbocycles. The summed E-state index contributed by atoms with van der Waals surface area (Å²) < 4.78 is 5.13. The van der Waals surface area contributed by atoms with Gasteiger partial charge in [-0.1, -0.05) is 19.9 Å². The number of carbonyl (C=O) groups excluding carboxylic acids is 2. The molecule has 0 radical (unpaired) electrons. The number of rotatable bonds is 4.